The summed E-state index contributed by atoms with van der Waals surface area (Å²) in [6.45, 7) is 1.22. The highest BCUT2D eigenvalue weighted by Crippen LogP contribution is 2.32. The number of benzene rings is 1. The van der Waals surface area contributed by atoms with Gasteiger partial charge >= 0.3 is 11.7 Å². The Morgan fingerprint density at radius 1 is 1.56 bits per heavy atom. The lowest BCUT2D eigenvalue weighted by Gasteiger charge is -2.07. The van der Waals surface area contributed by atoms with Gasteiger partial charge in [0, 0.05) is 24.3 Å². The van der Waals surface area contributed by atoms with Crippen LogP contribution in [0.3, 0.4) is 0 Å². The second-order valence-electron chi connectivity index (χ2n) is 3.05. The number of rotatable bonds is 4. The van der Waals surface area contributed by atoms with Gasteiger partial charge in [0.2, 0.25) is 5.75 Å². The Morgan fingerprint density at radius 3 is 2.75 bits per heavy atom. The Labute approximate surface area is 96.9 Å². The highest BCUT2D eigenvalue weighted by Gasteiger charge is 2.20. The largest absolute Gasteiger partial charge is 0.419 e. The molecule has 0 saturated carbocycles. The molecule has 1 aromatic rings. The molecular formula is C10H11NO4S. The number of hydrogen-bond donors (Lipinski definition) is 0. The molecule has 86 valence electrons. The van der Waals surface area contributed by atoms with Crippen LogP contribution in [0.2, 0.25) is 0 Å². The van der Waals surface area contributed by atoms with Crippen molar-refractivity contribution in [1.29, 1.82) is 0 Å². The van der Waals surface area contributed by atoms with E-state index in [1.54, 1.807) is 12.1 Å². The Hall–Kier alpha value is -1.56. The van der Waals surface area contributed by atoms with E-state index in [4.69, 9.17) is 4.74 Å². The SMILES string of the molecule is CSCc1cccc([N+](=O)[O-])c1OC(C)=O. The minimum Gasteiger partial charge on any atom is -0.419 e. The van der Waals surface area contributed by atoms with E-state index in [2.05, 4.69) is 0 Å². The van der Waals surface area contributed by atoms with Crippen LogP contribution in [0.15, 0.2) is 18.2 Å². The summed E-state index contributed by atoms with van der Waals surface area (Å²) in [5.74, 6) is 0.0515. The minimum absolute atomic E-state index is 0.0503. The normalized spacial score (nSPS) is 9.88. The number of para-hydroxylation sites is 1. The molecule has 0 radical (unpaired) electrons. The Bertz CT molecular complexity index is 419. The molecule has 0 aliphatic carbocycles. The van der Waals surface area contributed by atoms with E-state index < -0.39 is 10.9 Å². The lowest BCUT2D eigenvalue weighted by Crippen LogP contribution is -2.06. The number of ether oxygens (including phenoxy) is 1. The summed E-state index contributed by atoms with van der Waals surface area (Å²) in [5, 5.41) is 10.8. The standard InChI is InChI=1S/C10H11NO4S/c1-7(12)15-10-8(6-16-2)4-3-5-9(10)11(13)14/h3-5H,6H2,1-2H3. The first kappa shape index (κ1) is 12.5. The van der Waals surface area contributed by atoms with Crippen LogP contribution in [0.1, 0.15) is 12.5 Å². The molecule has 5 nitrogen and oxygen atoms in total. The second-order valence-corrected chi connectivity index (χ2v) is 3.92. The monoisotopic (exact) mass is 241 g/mol. The molecule has 16 heavy (non-hydrogen) atoms. The smallest absolute Gasteiger partial charge is 0.312 e. The van der Waals surface area contributed by atoms with Gasteiger partial charge in [-0.25, -0.2) is 0 Å². The maximum Gasteiger partial charge on any atom is 0.312 e. The van der Waals surface area contributed by atoms with Crippen molar-refractivity contribution in [3.63, 3.8) is 0 Å². The van der Waals surface area contributed by atoms with Crippen molar-refractivity contribution >= 4 is 23.4 Å². The molecule has 0 spiro atoms. The van der Waals surface area contributed by atoms with Gasteiger partial charge in [0.1, 0.15) is 0 Å². The maximum atomic E-state index is 10.9. The number of nitro benzene ring substituents is 1. The van der Waals surface area contributed by atoms with Gasteiger partial charge in [-0.2, -0.15) is 11.8 Å². The van der Waals surface area contributed by atoms with Crippen LogP contribution in [0.4, 0.5) is 5.69 Å². The Kier molecular flexibility index (Phi) is 4.30. The van der Waals surface area contributed by atoms with Gasteiger partial charge < -0.3 is 4.74 Å². The zero-order valence-corrected chi connectivity index (χ0v) is 9.74. The third-order valence-electron chi connectivity index (χ3n) is 1.82. The zero-order valence-electron chi connectivity index (χ0n) is 8.93. The average Bonchev–Trinajstić information content (AvgIpc) is 2.19. The van der Waals surface area contributed by atoms with Gasteiger partial charge in [0.15, 0.2) is 0 Å². The number of carbonyl (C=O) groups excluding carboxylic acids is 1. The fourth-order valence-corrected chi connectivity index (χ4v) is 1.78. The third-order valence-corrected chi connectivity index (χ3v) is 2.42. The third kappa shape index (κ3) is 2.96. The highest BCUT2D eigenvalue weighted by atomic mass is 32.2. The summed E-state index contributed by atoms with van der Waals surface area (Å²) in [6, 6.07) is 4.61. The van der Waals surface area contributed by atoms with Crippen molar-refractivity contribution in [2.24, 2.45) is 0 Å². The van der Waals surface area contributed by atoms with E-state index >= 15 is 0 Å². The summed E-state index contributed by atoms with van der Waals surface area (Å²) >= 11 is 1.50. The Balaban J connectivity index is 3.22. The first-order valence-corrected chi connectivity index (χ1v) is 5.89. The molecule has 0 unspecified atom stereocenters. The van der Waals surface area contributed by atoms with Crippen LogP contribution in [-0.4, -0.2) is 17.1 Å². The first-order valence-electron chi connectivity index (χ1n) is 4.50. The summed E-state index contributed by atoms with van der Waals surface area (Å²) in [7, 11) is 0. The number of nitro groups is 1. The van der Waals surface area contributed by atoms with Crippen molar-refractivity contribution < 1.29 is 14.5 Å². The van der Waals surface area contributed by atoms with E-state index in [1.165, 1.54) is 24.8 Å². The fourth-order valence-electron chi connectivity index (χ4n) is 1.25. The molecule has 0 atom stereocenters. The van der Waals surface area contributed by atoms with Crippen molar-refractivity contribution in [1.82, 2.24) is 0 Å². The van der Waals surface area contributed by atoms with E-state index in [9.17, 15) is 14.9 Å². The number of esters is 1. The lowest BCUT2D eigenvalue weighted by molar-refractivity contribution is -0.385. The Morgan fingerprint density at radius 2 is 2.25 bits per heavy atom. The summed E-state index contributed by atoms with van der Waals surface area (Å²) in [4.78, 5) is 21.1. The van der Waals surface area contributed by atoms with Gasteiger partial charge in [0.05, 0.1) is 4.92 Å². The molecule has 1 rings (SSSR count). The van der Waals surface area contributed by atoms with Crippen molar-refractivity contribution in [3.05, 3.63) is 33.9 Å². The molecule has 0 aromatic heterocycles. The van der Waals surface area contributed by atoms with Crippen LogP contribution in [0.25, 0.3) is 0 Å². The molecule has 0 heterocycles. The van der Waals surface area contributed by atoms with Gasteiger partial charge in [0.25, 0.3) is 0 Å². The topological polar surface area (TPSA) is 69.4 Å². The van der Waals surface area contributed by atoms with E-state index in [0.717, 1.165) is 0 Å². The van der Waals surface area contributed by atoms with E-state index in [-0.39, 0.29) is 11.4 Å². The molecule has 0 N–H and O–H groups in total. The molecular weight excluding hydrogens is 230 g/mol. The first-order chi connectivity index (χ1) is 7.56. The van der Waals surface area contributed by atoms with Crippen LogP contribution in [-0.2, 0) is 10.5 Å². The molecule has 1 aromatic carbocycles. The second kappa shape index (κ2) is 5.50. The fraction of sp³-hybridized carbons (Fsp3) is 0.300. The van der Waals surface area contributed by atoms with Gasteiger partial charge in [-0.1, -0.05) is 12.1 Å². The van der Waals surface area contributed by atoms with Crippen molar-refractivity contribution in [2.75, 3.05) is 6.26 Å². The molecule has 0 saturated heterocycles. The van der Waals surface area contributed by atoms with Gasteiger partial charge in [-0.05, 0) is 6.26 Å². The van der Waals surface area contributed by atoms with Crippen molar-refractivity contribution in [3.8, 4) is 5.75 Å². The molecule has 0 amide bonds. The quantitative estimate of drug-likeness (QED) is 0.350. The molecule has 0 bridgehead atoms. The van der Waals surface area contributed by atoms with Gasteiger partial charge in [-0.15, -0.1) is 0 Å². The molecule has 0 aliphatic rings. The molecule has 0 fully saturated rings. The number of carbonyl (C=O) groups is 1. The van der Waals surface area contributed by atoms with E-state index in [0.29, 0.717) is 11.3 Å². The molecule has 0 aliphatic heterocycles. The molecule has 6 heteroatoms. The lowest BCUT2D eigenvalue weighted by atomic mass is 10.2. The summed E-state index contributed by atoms with van der Waals surface area (Å²) in [6.07, 6.45) is 1.87. The zero-order chi connectivity index (χ0) is 12.1. The highest BCUT2D eigenvalue weighted by molar-refractivity contribution is 7.97. The predicted octanol–water partition coefficient (Wildman–Crippen LogP) is 2.38. The van der Waals surface area contributed by atoms with Gasteiger partial charge in [-0.3, -0.25) is 14.9 Å². The van der Waals surface area contributed by atoms with E-state index in [1.807, 2.05) is 6.26 Å². The predicted molar refractivity (Wildman–Crippen MR) is 61.6 cm³/mol. The number of thioether (sulfide) groups is 1. The maximum absolute atomic E-state index is 10.9. The summed E-state index contributed by atoms with van der Waals surface area (Å²) < 4.78 is 4.90. The number of hydrogen-bond acceptors (Lipinski definition) is 5. The van der Waals surface area contributed by atoms with Crippen LogP contribution >= 0.6 is 11.8 Å². The minimum atomic E-state index is -0.559. The van der Waals surface area contributed by atoms with Crippen LogP contribution < -0.4 is 4.74 Å². The number of nitrogens with zero attached hydrogens (tertiary/aromatic N) is 1. The summed E-state index contributed by atoms with van der Waals surface area (Å²) in [5.41, 5.74) is 0.471. The van der Waals surface area contributed by atoms with Crippen molar-refractivity contribution in [2.45, 2.75) is 12.7 Å². The average molecular weight is 241 g/mol. The van der Waals surface area contributed by atoms with Crippen LogP contribution in [0, 0.1) is 10.1 Å². The van der Waals surface area contributed by atoms with Crippen LogP contribution in [0.5, 0.6) is 5.75 Å².